The Bertz CT molecular complexity index is 1040. The molecule has 0 amide bonds. The lowest BCUT2D eigenvalue weighted by Crippen LogP contribution is -2.79. The van der Waals surface area contributed by atoms with Gasteiger partial charge >= 0.3 is 11.9 Å². The van der Waals surface area contributed by atoms with Gasteiger partial charge in [0.05, 0.1) is 7.11 Å². The van der Waals surface area contributed by atoms with E-state index in [2.05, 4.69) is 77.3 Å². The van der Waals surface area contributed by atoms with Crippen LogP contribution in [0.2, 0.25) is 0 Å². The molecule has 3 aliphatic rings. The van der Waals surface area contributed by atoms with Crippen LogP contribution in [-0.4, -0.2) is 75.3 Å². The van der Waals surface area contributed by atoms with Gasteiger partial charge in [0.2, 0.25) is 0 Å². The zero-order chi connectivity index (χ0) is 28.8. The number of carbonyl (C=O) groups is 2. The standard InChI is InChI=1S/C31H48N2O5/c1-27(2)16-20-22(18-12-14-19(38-11)15-13-18)21-17-28(3,4)33(10)30(7,8)24(21)31(25(34)35,26(36)37)23(20)29(5,6)32(27)9/h12-15,20-24H,16-17H2,1-11H3,(H,34,35)(H,36,37). The second-order valence-electron chi connectivity index (χ2n) is 14.5. The third-order valence-electron chi connectivity index (χ3n) is 11.5. The summed E-state index contributed by atoms with van der Waals surface area (Å²) in [5, 5.41) is 22.2. The molecule has 2 saturated heterocycles. The summed E-state index contributed by atoms with van der Waals surface area (Å²) in [5.74, 6) is -3.09. The Morgan fingerprint density at radius 2 is 1.13 bits per heavy atom. The number of fused-ring (bicyclic) bond motifs is 2. The number of carboxylic acids is 2. The van der Waals surface area contributed by atoms with E-state index in [0.29, 0.717) is 0 Å². The van der Waals surface area contributed by atoms with Gasteiger partial charge in [-0.3, -0.25) is 19.4 Å². The van der Waals surface area contributed by atoms with E-state index in [4.69, 9.17) is 4.74 Å². The smallest absolute Gasteiger partial charge is 0.321 e. The van der Waals surface area contributed by atoms with Crippen molar-refractivity contribution in [3.05, 3.63) is 29.8 Å². The molecule has 1 saturated carbocycles. The summed E-state index contributed by atoms with van der Waals surface area (Å²) < 4.78 is 5.46. The van der Waals surface area contributed by atoms with Crippen molar-refractivity contribution in [2.45, 2.75) is 96.3 Å². The Morgan fingerprint density at radius 3 is 1.45 bits per heavy atom. The summed E-state index contributed by atoms with van der Waals surface area (Å²) in [6, 6.07) is 8.18. The van der Waals surface area contributed by atoms with Crippen molar-refractivity contribution in [3.63, 3.8) is 0 Å². The molecule has 2 N–H and O–H groups in total. The Labute approximate surface area is 228 Å². The second kappa shape index (κ2) is 8.69. The van der Waals surface area contributed by atoms with E-state index in [9.17, 15) is 19.8 Å². The maximum Gasteiger partial charge on any atom is 0.321 e. The fourth-order valence-electron chi connectivity index (χ4n) is 9.60. The van der Waals surface area contributed by atoms with Gasteiger partial charge in [-0.2, -0.15) is 0 Å². The summed E-state index contributed by atoms with van der Waals surface area (Å²) in [5.41, 5.74) is -2.63. The number of rotatable bonds is 4. The van der Waals surface area contributed by atoms with Crippen molar-refractivity contribution < 1.29 is 24.5 Å². The van der Waals surface area contributed by atoms with E-state index in [1.807, 2.05) is 26.2 Å². The van der Waals surface area contributed by atoms with Crippen molar-refractivity contribution in [1.82, 2.24) is 9.80 Å². The highest BCUT2D eigenvalue weighted by Gasteiger charge is 2.77. The van der Waals surface area contributed by atoms with Gasteiger partial charge in [0, 0.05) is 34.0 Å². The van der Waals surface area contributed by atoms with E-state index in [1.54, 1.807) is 7.11 Å². The SMILES string of the molecule is COc1ccc(C2C3CC(C)(C)N(C)C(C)(C)C3C(C(=O)O)(C(=O)O)C3C2CC(C)(C)N(C)C3(C)C)cc1. The Hall–Kier alpha value is -2.12. The molecule has 0 spiro atoms. The maximum absolute atomic E-state index is 13.6. The summed E-state index contributed by atoms with van der Waals surface area (Å²) >= 11 is 0. The van der Waals surface area contributed by atoms with E-state index in [0.717, 1.165) is 24.2 Å². The van der Waals surface area contributed by atoms with Crippen LogP contribution >= 0.6 is 0 Å². The number of likely N-dealkylation sites (tertiary alicyclic amines) is 2. The second-order valence-corrected chi connectivity index (χ2v) is 14.5. The first-order valence-electron chi connectivity index (χ1n) is 13.9. The zero-order valence-corrected chi connectivity index (χ0v) is 25.1. The number of ether oxygens (including phenoxy) is 1. The number of piperidine rings is 2. The predicted molar refractivity (Wildman–Crippen MR) is 148 cm³/mol. The highest BCUT2D eigenvalue weighted by molar-refractivity contribution is 6.00. The minimum absolute atomic E-state index is 0.0160. The molecule has 1 aromatic rings. The molecule has 212 valence electrons. The number of benzene rings is 1. The van der Waals surface area contributed by atoms with Crippen LogP contribution in [0.3, 0.4) is 0 Å². The van der Waals surface area contributed by atoms with Crippen molar-refractivity contribution in [3.8, 4) is 5.75 Å². The summed E-state index contributed by atoms with van der Waals surface area (Å²) in [4.78, 5) is 31.7. The molecule has 4 unspecified atom stereocenters. The lowest BCUT2D eigenvalue weighted by molar-refractivity contribution is -0.245. The van der Waals surface area contributed by atoms with Crippen LogP contribution in [0.1, 0.15) is 79.7 Å². The first-order valence-corrected chi connectivity index (χ1v) is 13.9. The average molecular weight is 529 g/mol. The summed E-state index contributed by atoms with van der Waals surface area (Å²) in [7, 11) is 5.71. The molecule has 0 aromatic heterocycles. The maximum atomic E-state index is 13.6. The minimum atomic E-state index is -1.94. The van der Waals surface area contributed by atoms with Gasteiger partial charge in [-0.25, -0.2) is 0 Å². The molecule has 4 rings (SSSR count). The highest BCUT2D eigenvalue weighted by Crippen LogP contribution is 2.70. The van der Waals surface area contributed by atoms with Crippen LogP contribution in [0, 0.1) is 29.1 Å². The summed E-state index contributed by atoms with van der Waals surface area (Å²) in [6.07, 6.45) is 1.44. The number of aliphatic carboxylic acids is 2. The van der Waals surface area contributed by atoms with Crippen molar-refractivity contribution >= 4 is 11.9 Å². The first-order chi connectivity index (χ1) is 17.3. The molecule has 4 atom stereocenters. The normalized spacial score (nSPS) is 35.0. The Balaban J connectivity index is 2.12. The van der Waals surface area contributed by atoms with Crippen LogP contribution in [0.25, 0.3) is 0 Å². The third-order valence-corrected chi connectivity index (χ3v) is 11.5. The van der Waals surface area contributed by atoms with Crippen LogP contribution < -0.4 is 4.74 Å². The van der Waals surface area contributed by atoms with E-state index in [1.165, 1.54) is 0 Å². The van der Waals surface area contributed by atoms with Gasteiger partial charge in [0.25, 0.3) is 0 Å². The highest BCUT2D eigenvalue weighted by atomic mass is 16.5. The fourth-order valence-corrected chi connectivity index (χ4v) is 9.60. The molecular formula is C31H48N2O5. The quantitative estimate of drug-likeness (QED) is 0.519. The van der Waals surface area contributed by atoms with Crippen molar-refractivity contribution in [1.29, 1.82) is 0 Å². The van der Waals surface area contributed by atoms with Gasteiger partial charge < -0.3 is 14.9 Å². The van der Waals surface area contributed by atoms with Gasteiger partial charge in [-0.15, -0.1) is 0 Å². The lowest BCUT2D eigenvalue weighted by atomic mass is 9.38. The molecule has 0 radical (unpaired) electrons. The van der Waals surface area contributed by atoms with Crippen LogP contribution in [0.5, 0.6) is 5.75 Å². The monoisotopic (exact) mass is 528 g/mol. The first kappa shape index (κ1) is 28.9. The van der Waals surface area contributed by atoms with E-state index in [-0.39, 0.29) is 28.8 Å². The average Bonchev–Trinajstić information content (AvgIpc) is 2.80. The van der Waals surface area contributed by atoms with E-state index < -0.39 is 40.3 Å². The number of carboxylic acid groups (broad SMARTS) is 2. The fraction of sp³-hybridized carbons (Fsp3) is 0.742. The molecule has 2 heterocycles. The van der Waals surface area contributed by atoms with Crippen molar-refractivity contribution in [2.24, 2.45) is 29.1 Å². The molecule has 38 heavy (non-hydrogen) atoms. The van der Waals surface area contributed by atoms with Gasteiger partial charge in [0.15, 0.2) is 5.41 Å². The number of hydrogen-bond acceptors (Lipinski definition) is 5. The molecule has 3 fully saturated rings. The topological polar surface area (TPSA) is 90.3 Å². The lowest BCUT2D eigenvalue weighted by Gasteiger charge is -2.72. The zero-order valence-electron chi connectivity index (χ0n) is 25.1. The number of nitrogens with zero attached hydrogens (tertiary/aromatic N) is 2. The molecule has 7 nitrogen and oxygen atoms in total. The van der Waals surface area contributed by atoms with E-state index >= 15 is 0 Å². The number of hydrogen-bond donors (Lipinski definition) is 2. The Morgan fingerprint density at radius 1 is 0.763 bits per heavy atom. The minimum Gasteiger partial charge on any atom is -0.497 e. The Kier molecular flexibility index (Phi) is 6.60. The molecule has 1 aromatic carbocycles. The van der Waals surface area contributed by atoms with Gasteiger partial charge in [0.1, 0.15) is 5.75 Å². The molecular weight excluding hydrogens is 480 g/mol. The number of methoxy groups -OCH3 is 1. The van der Waals surface area contributed by atoms with Crippen LogP contribution in [-0.2, 0) is 9.59 Å². The van der Waals surface area contributed by atoms with Crippen LogP contribution in [0.4, 0.5) is 0 Å². The van der Waals surface area contributed by atoms with Crippen molar-refractivity contribution in [2.75, 3.05) is 21.2 Å². The summed E-state index contributed by atoms with van der Waals surface area (Å²) in [6.45, 7) is 17.0. The third kappa shape index (κ3) is 3.67. The molecule has 7 heteroatoms. The molecule has 1 aliphatic carbocycles. The predicted octanol–water partition coefficient (Wildman–Crippen LogP) is 5.20. The van der Waals surface area contributed by atoms with Gasteiger partial charge in [-0.1, -0.05) is 12.1 Å². The molecule has 0 bridgehead atoms. The largest absolute Gasteiger partial charge is 0.497 e. The van der Waals surface area contributed by atoms with Gasteiger partial charge in [-0.05, 0) is 118 Å². The van der Waals surface area contributed by atoms with Crippen LogP contribution in [0.15, 0.2) is 24.3 Å². The molecule has 2 aliphatic heterocycles.